The molecule has 1 aliphatic carbocycles. The lowest BCUT2D eigenvalue weighted by Crippen LogP contribution is -2.45. The molecule has 114 valence electrons. The van der Waals surface area contributed by atoms with E-state index in [0.717, 1.165) is 0 Å². The molecule has 1 aromatic carbocycles. The number of benzene rings is 1. The third-order valence-corrected chi connectivity index (χ3v) is 5.62. The van der Waals surface area contributed by atoms with Crippen molar-refractivity contribution in [3.8, 4) is 0 Å². The van der Waals surface area contributed by atoms with Gasteiger partial charge in [0.2, 0.25) is 5.91 Å². The largest absolute Gasteiger partial charge is 0.393 e. The highest BCUT2D eigenvalue weighted by Gasteiger charge is 2.27. The average molecular weight is 305 g/mol. The fraction of sp³-hybridized carbons (Fsp3) is 0.588. The number of aliphatic hydroxyl groups is 1. The highest BCUT2D eigenvalue weighted by molar-refractivity contribution is 8.00. The number of aryl methyl sites for hydroxylation is 2. The fourth-order valence-corrected chi connectivity index (χ4v) is 4.10. The summed E-state index contributed by atoms with van der Waals surface area (Å²) in [7, 11) is 0. The van der Waals surface area contributed by atoms with Crippen LogP contribution in [0.15, 0.2) is 23.1 Å². The Bertz CT molecular complexity index is 532. The first-order valence-electron chi connectivity index (χ1n) is 7.84. The van der Waals surface area contributed by atoms with Crippen molar-refractivity contribution in [3.63, 3.8) is 0 Å². The summed E-state index contributed by atoms with van der Waals surface area (Å²) in [6.45, 7) is 3.39. The molecular weight excluding hydrogens is 282 g/mol. The zero-order chi connectivity index (χ0) is 14.8. The quantitative estimate of drug-likeness (QED) is 0.872. The van der Waals surface area contributed by atoms with Crippen molar-refractivity contribution >= 4 is 17.7 Å². The number of fused-ring (bicyclic) bond motifs is 1. The van der Waals surface area contributed by atoms with Gasteiger partial charge in [-0.1, -0.05) is 13.0 Å². The third-order valence-electron chi connectivity index (χ3n) is 4.64. The zero-order valence-corrected chi connectivity index (χ0v) is 13.4. The lowest BCUT2D eigenvalue weighted by molar-refractivity contribution is -0.131. The number of hydrogen-bond donors (Lipinski definition) is 1. The molecule has 0 radical (unpaired) electrons. The zero-order valence-electron chi connectivity index (χ0n) is 12.5. The van der Waals surface area contributed by atoms with Gasteiger partial charge < -0.3 is 10.0 Å². The normalized spacial score (nSPS) is 25.0. The molecule has 1 heterocycles. The van der Waals surface area contributed by atoms with Gasteiger partial charge in [-0.25, -0.2) is 0 Å². The summed E-state index contributed by atoms with van der Waals surface area (Å²) in [6, 6.07) is 6.61. The van der Waals surface area contributed by atoms with Crippen molar-refractivity contribution in [1.29, 1.82) is 0 Å². The Kier molecular flexibility index (Phi) is 4.55. The molecule has 21 heavy (non-hydrogen) atoms. The summed E-state index contributed by atoms with van der Waals surface area (Å²) >= 11 is 1.64. The van der Waals surface area contributed by atoms with Gasteiger partial charge in [0.1, 0.15) is 0 Å². The van der Waals surface area contributed by atoms with Crippen molar-refractivity contribution in [1.82, 2.24) is 4.90 Å². The fourth-order valence-electron chi connectivity index (χ4n) is 3.23. The number of likely N-dealkylation sites (tertiary alicyclic amines) is 1. The highest BCUT2D eigenvalue weighted by Crippen LogP contribution is 2.28. The first kappa shape index (κ1) is 14.9. The van der Waals surface area contributed by atoms with E-state index in [1.807, 2.05) is 11.8 Å². The van der Waals surface area contributed by atoms with E-state index in [1.165, 1.54) is 35.3 Å². The van der Waals surface area contributed by atoms with Gasteiger partial charge in [-0.3, -0.25) is 4.79 Å². The molecule has 3 nitrogen and oxygen atoms in total. The van der Waals surface area contributed by atoms with Crippen molar-refractivity contribution in [2.45, 2.75) is 43.6 Å². The molecule has 2 aliphatic rings. The molecule has 1 saturated heterocycles. The van der Waals surface area contributed by atoms with Crippen LogP contribution in [-0.4, -0.2) is 40.9 Å². The van der Waals surface area contributed by atoms with Gasteiger partial charge in [0.15, 0.2) is 0 Å². The van der Waals surface area contributed by atoms with Crippen LogP contribution in [0.5, 0.6) is 0 Å². The van der Waals surface area contributed by atoms with Crippen molar-refractivity contribution in [3.05, 3.63) is 29.3 Å². The van der Waals surface area contributed by atoms with Crippen LogP contribution in [-0.2, 0) is 17.6 Å². The van der Waals surface area contributed by atoms with Gasteiger partial charge in [-0.2, -0.15) is 0 Å². The Hall–Kier alpha value is -1.00. The number of aliphatic hydroxyl groups excluding tert-OH is 1. The third kappa shape index (κ3) is 3.43. The Morgan fingerprint density at radius 1 is 1.38 bits per heavy atom. The van der Waals surface area contributed by atoms with E-state index in [4.69, 9.17) is 0 Å². The van der Waals surface area contributed by atoms with Crippen LogP contribution in [0, 0.1) is 5.92 Å². The van der Waals surface area contributed by atoms with E-state index in [0.29, 0.717) is 25.3 Å². The van der Waals surface area contributed by atoms with Crippen LogP contribution in [0.25, 0.3) is 0 Å². The standard InChI is InChI=1S/C17H23NO2S/c1-12-10-18(8-7-16(12)19)17(20)11-21-15-6-5-13-3-2-4-14(13)9-15/h5-6,9,12,16,19H,2-4,7-8,10-11H2,1H3. The number of rotatable bonds is 3. The molecule has 1 aliphatic heterocycles. The molecule has 2 atom stereocenters. The van der Waals surface area contributed by atoms with Gasteiger partial charge in [-0.15, -0.1) is 11.8 Å². The summed E-state index contributed by atoms with van der Waals surface area (Å²) in [5, 5.41) is 9.73. The summed E-state index contributed by atoms with van der Waals surface area (Å²) < 4.78 is 0. The molecule has 3 rings (SSSR count). The molecule has 0 saturated carbocycles. The second kappa shape index (κ2) is 6.41. The van der Waals surface area contributed by atoms with Gasteiger partial charge in [0.05, 0.1) is 11.9 Å². The Morgan fingerprint density at radius 2 is 2.19 bits per heavy atom. The SMILES string of the molecule is CC1CN(C(=O)CSc2ccc3c(c2)CCC3)CCC1O. The highest BCUT2D eigenvalue weighted by atomic mass is 32.2. The van der Waals surface area contributed by atoms with E-state index >= 15 is 0 Å². The van der Waals surface area contributed by atoms with E-state index in [2.05, 4.69) is 18.2 Å². The average Bonchev–Trinajstić information content (AvgIpc) is 2.95. The minimum absolute atomic E-state index is 0.188. The molecule has 1 N–H and O–H groups in total. The van der Waals surface area contributed by atoms with Gasteiger partial charge in [0, 0.05) is 18.0 Å². The maximum absolute atomic E-state index is 12.3. The van der Waals surface area contributed by atoms with Gasteiger partial charge >= 0.3 is 0 Å². The summed E-state index contributed by atoms with van der Waals surface area (Å²) in [5.74, 6) is 0.883. The van der Waals surface area contributed by atoms with Gasteiger partial charge in [-0.05, 0) is 54.9 Å². The summed E-state index contributed by atoms with van der Waals surface area (Å²) in [6.07, 6.45) is 4.09. The van der Waals surface area contributed by atoms with Crippen LogP contribution in [0.2, 0.25) is 0 Å². The van der Waals surface area contributed by atoms with Crippen LogP contribution in [0.4, 0.5) is 0 Å². The number of carbonyl (C=O) groups excluding carboxylic acids is 1. The van der Waals surface area contributed by atoms with E-state index in [-0.39, 0.29) is 17.9 Å². The molecule has 1 fully saturated rings. The first-order valence-corrected chi connectivity index (χ1v) is 8.82. The van der Waals surface area contributed by atoms with Crippen LogP contribution in [0.1, 0.15) is 30.9 Å². The molecule has 0 bridgehead atoms. The predicted octanol–water partition coefficient (Wildman–Crippen LogP) is 2.50. The minimum Gasteiger partial charge on any atom is -0.393 e. The number of thioether (sulfide) groups is 1. The second-order valence-corrected chi connectivity index (χ2v) is 7.29. The van der Waals surface area contributed by atoms with Crippen LogP contribution >= 0.6 is 11.8 Å². The molecular formula is C17H23NO2S. The summed E-state index contributed by atoms with van der Waals surface area (Å²) in [4.78, 5) is 15.4. The number of carbonyl (C=O) groups is 1. The van der Waals surface area contributed by atoms with Crippen molar-refractivity contribution < 1.29 is 9.90 Å². The Labute approximate surface area is 130 Å². The van der Waals surface area contributed by atoms with E-state index in [1.54, 1.807) is 11.8 Å². The number of nitrogens with zero attached hydrogens (tertiary/aromatic N) is 1. The monoisotopic (exact) mass is 305 g/mol. The van der Waals surface area contributed by atoms with Gasteiger partial charge in [0.25, 0.3) is 0 Å². The predicted molar refractivity (Wildman–Crippen MR) is 85.6 cm³/mol. The lowest BCUT2D eigenvalue weighted by atomic mass is 9.97. The topological polar surface area (TPSA) is 40.5 Å². The first-order chi connectivity index (χ1) is 10.1. The Morgan fingerprint density at radius 3 is 3.00 bits per heavy atom. The smallest absolute Gasteiger partial charge is 0.232 e. The molecule has 2 unspecified atom stereocenters. The lowest BCUT2D eigenvalue weighted by Gasteiger charge is -2.34. The molecule has 1 aromatic rings. The number of piperidine rings is 1. The molecule has 0 spiro atoms. The minimum atomic E-state index is -0.251. The second-order valence-electron chi connectivity index (χ2n) is 6.25. The van der Waals surface area contributed by atoms with Crippen LogP contribution in [0.3, 0.4) is 0 Å². The summed E-state index contributed by atoms with van der Waals surface area (Å²) in [5.41, 5.74) is 2.94. The number of hydrogen-bond acceptors (Lipinski definition) is 3. The molecule has 0 aromatic heterocycles. The Balaban J connectivity index is 1.54. The van der Waals surface area contributed by atoms with Crippen LogP contribution < -0.4 is 0 Å². The molecule has 1 amide bonds. The maximum Gasteiger partial charge on any atom is 0.232 e. The number of amides is 1. The van der Waals surface area contributed by atoms with E-state index in [9.17, 15) is 9.90 Å². The maximum atomic E-state index is 12.3. The van der Waals surface area contributed by atoms with E-state index < -0.39 is 0 Å². The van der Waals surface area contributed by atoms with Crippen molar-refractivity contribution in [2.75, 3.05) is 18.8 Å². The van der Waals surface area contributed by atoms with Crippen molar-refractivity contribution in [2.24, 2.45) is 5.92 Å². The molecule has 4 heteroatoms.